The molecule has 1 aliphatic heterocycles. The molecular weight excluding hydrogens is 392 g/mol. The normalized spacial score (nSPS) is 21.0. The third kappa shape index (κ3) is 3.77. The smallest absolute Gasteiger partial charge is 0.252 e. The Hall–Kier alpha value is -2.73. The lowest BCUT2D eigenvalue weighted by molar-refractivity contribution is -0.136. The molecule has 0 saturated carbocycles. The van der Waals surface area contributed by atoms with Crippen LogP contribution in [0.2, 0.25) is 5.02 Å². The minimum Gasteiger partial charge on any atom is -0.497 e. The van der Waals surface area contributed by atoms with Crippen molar-refractivity contribution < 1.29 is 19.1 Å². The summed E-state index contributed by atoms with van der Waals surface area (Å²) >= 11 is 5.95. The van der Waals surface area contributed by atoms with Crippen LogP contribution in [0, 0.1) is 0 Å². The Morgan fingerprint density at radius 2 is 1.90 bits per heavy atom. The maximum Gasteiger partial charge on any atom is 0.252 e. The van der Waals surface area contributed by atoms with E-state index >= 15 is 0 Å². The standard InChI is InChI=1S/C22H25ClN2O4/c1-22(21(27)24(2)16-7-5-15(23)6-8-16)12-11-19(25(22)14-26)18-10-9-17(28-3)13-20(18)29-4/h5-10,13-14,19H,11-12H2,1-4H3. The number of carbonyl (C=O) groups excluding carboxylic acids is 2. The van der Waals surface area contributed by atoms with E-state index in [9.17, 15) is 9.59 Å². The highest BCUT2D eigenvalue weighted by Gasteiger charge is 2.50. The molecule has 0 radical (unpaired) electrons. The molecule has 1 heterocycles. The number of anilines is 1. The van der Waals surface area contributed by atoms with E-state index in [1.807, 2.05) is 19.1 Å². The van der Waals surface area contributed by atoms with Gasteiger partial charge in [-0.3, -0.25) is 9.59 Å². The molecule has 2 aromatic carbocycles. The number of hydrogen-bond donors (Lipinski definition) is 0. The van der Waals surface area contributed by atoms with Gasteiger partial charge in [-0.1, -0.05) is 11.6 Å². The molecule has 2 atom stereocenters. The Morgan fingerprint density at radius 1 is 1.21 bits per heavy atom. The van der Waals surface area contributed by atoms with Crippen LogP contribution in [0.4, 0.5) is 5.69 Å². The molecule has 2 aromatic rings. The summed E-state index contributed by atoms with van der Waals surface area (Å²) in [6.45, 7) is 1.81. The Morgan fingerprint density at radius 3 is 2.48 bits per heavy atom. The van der Waals surface area contributed by atoms with E-state index < -0.39 is 5.54 Å². The lowest BCUT2D eigenvalue weighted by Crippen LogP contribution is -2.54. The number of likely N-dealkylation sites (N-methyl/N-ethyl adjacent to an activating group) is 1. The fourth-order valence-corrected chi connectivity index (χ4v) is 4.11. The molecule has 0 bridgehead atoms. The first-order valence-corrected chi connectivity index (χ1v) is 9.73. The summed E-state index contributed by atoms with van der Waals surface area (Å²) in [5.41, 5.74) is 0.606. The third-order valence-electron chi connectivity index (χ3n) is 5.70. The predicted molar refractivity (Wildman–Crippen MR) is 113 cm³/mol. The van der Waals surface area contributed by atoms with Crippen LogP contribution in [0.3, 0.4) is 0 Å². The molecular formula is C22H25ClN2O4. The van der Waals surface area contributed by atoms with Gasteiger partial charge in [-0.2, -0.15) is 0 Å². The largest absolute Gasteiger partial charge is 0.497 e. The average Bonchev–Trinajstić information content (AvgIpc) is 3.09. The van der Waals surface area contributed by atoms with Crippen molar-refractivity contribution in [1.82, 2.24) is 4.90 Å². The number of nitrogens with zero attached hydrogens (tertiary/aromatic N) is 2. The van der Waals surface area contributed by atoms with Gasteiger partial charge >= 0.3 is 0 Å². The molecule has 2 amide bonds. The molecule has 0 spiro atoms. The number of ether oxygens (including phenoxy) is 2. The van der Waals surface area contributed by atoms with Crippen molar-refractivity contribution >= 4 is 29.6 Å². The molecule has 2 unspecified atom stereocenters. The predicted octanol–water partition coefficient (Wildman–Crippen LogP) is 4.07. The second kappa shape index (κ2) is 8.33. The van der Waals surface area contributed by atoms with Gasteiger partial charge in [0.1, 0.15) is 17.0 Å². The summed E-state index contributed by atoms with van der Waals surface area (Å²) < 4.78 is 10.8. The van der Waals surface area contributed by atoms with Crippen LogP contribution in [0.25, 0.3) is 0 Å². The fraction of sp³-hybridized carbons (Fsp3) is 0.364. The molecule has 7 heteroatoms. The first kappa shape index (κ1) is 21.0. The number of amides is 2. The molecule has 0 N–H and O–H groups in total. The minimum absolute atomic E-state index is 0.151. The number of carbonyl (C=O) groups is 2. The molecule has 29 heavy (non-hydrogen) atoms. The molecule has 0 aromatic heterocycles. The lowest BCUT2D eigenvalue weighted by atomic mass is 9.97. The monoisotopic (exact) mass is 416 g/mol. The Bertz CT molecular complexity index is 902. The highest BCUT2D eigenvalue weighted by molar-refractivity contribution is 6.30. The topological polar surface area (TPSA) is 59.1 Å². The zero-order chi connectivity index (χ0) is 21.2. The van der Waals surface area contributed by atoms with Crippen LogP contribution in [0.5, 0.6) is 11.5 Å². The Labute approximate surface area is 176 Å². The molecule has 1 saturated heterocycles. The third-order valence-corrected chi connectivity index (χ3v) is 5.95. The zero-order valence-electron chi connectivity index (χ0n) is 17.0. The number of likely N-dealkylation sites (tertiary alicyclic amines) is 1. The Kier molecular flexibility index (Phi) is 6.03. The van der Waals surface area contributed by atoms with Crippen molar-refractivity contribution in [3.63, 3.8) is 0 Å². The van der Waals surface area contributed by atoms with E-state index in [0.29, 0.717) is 29.4 Å². The number of halogens is 1. The van der Waals surface area contributed by atoms with Crippen LogP contribution in [-0.4, -0.2) is 44.0 Å². The van der Waals surface area contributed by atoms with E-state index in [1.54, 1.807) is 61.4 Å². The summed E-state index contributed by atoms with van der Waals surface area (Å²) in [5, 5.41) is 0.600. The van der Waals surface area contributed by atoms with Crippen molar-refractivity contribution in [2.75, 3.05) is 26.2 Å². The molecule has 1 fully saturated rings. The van der Waals surface area contributed by atoms with Crippen LogP contribution in [0.1, 0.15) is 31.4 Å². The van der Waals surface area contributed by atoms with E-state index in [0.717, 1.165) is 17.7 Å². The van der Waals surface area contributed by atoms with Crippen molar-refractivity contribution in [3.8, 4) is 11.5 Å². The van der Waals surface area contributed by atoms with Crippen LogP contribution in [-0.2, 0) is 9.59 Å². The van der Waals surface area contributed by atoms with Gasteiger partial charge in [0.2, 0.25) is 6.41 Å². The van der Waals surface area contributed by atoms with Gasteiger partial charge < -0.3 is 19.3 Å². The molecule has 1 aliphatic rings. The van der Waals surface area contributed by atoms with Crippen LogP contribution < -0.4 is 14.4 Å². The zero-order valence-corrected chi connectivity index (χ0v) is 17.8. The second-order valence-corrected chi connectivity index (χ2v) is 7.73. The van der Waals surface area contributed by atoms with E-state index in [4.69, 9.17) is 21.1 Å². The van der Waals surface area contributed by atoms with Gasteiger partial charge in [-0.05, 0) is 56.2 Å². The van der Waals surface area contributed by atoms with Gasteiger partial charge in [-0.15, -0.1) is 0 Å². The number of benzene rings is 2. The van der Waals surface area contributed by atoms with E-state index in [1.165, 1.54) is 0 Å². The lowest BCUT2D eigenvalue weighted by Gasteiger charge is -2.37. The van der Waals surface area contributed by atoms with Crippen molar-refractivity contribution in [2.45, 2.75) is 31.3 Å². The fourth-order valence-electron chi connectivity index (χ4n) is 3.98. The highest BCUT2D eigenvalue weighted by Crippen LogP contribution is 2.45. The second-order valence-electron chi connectivity index (χ2n) is 7.29. The highest BCUT2D eigenvalue weighted by atomic mass is 35.5. The minimum atomic E-state index is -0.967. The average molecular weight is 417 g/mol. The van der Waals surface area contributed by atoms with Gasteiger partial charge in [0.15, 0.2) is 0 Å². The SMILES string of the molecule is COc1ccc(C2CCC(C)(C(=O)N(C)c3ccc(Cl)cc3)N2C=O)c(OC)c1. The van der Waals surface area contributed by atoms with Crippen LogP contribution >= 0.6 is 11.6 Å². The van der Waals surface area contributed by atoms with E-state index in [2.05, 4.69) is 0 Å². The first-order chi connectivity index (χ1) is 13.8. The number of methoxy groups -OCH3 is 2. The van der Waals surface area contributed by atoms with Crippen molar-refractivity contribution in [1.29, 1.82) is 0 Å². The van der Waals surface area contributed by atoms with Crippen LogP contribution in [0.15, 0.2) is 42.5 Å². The van der Waals surface area contributed by atoms with E-state index in [-0.39, 0.29) is 11.9 Å². The Balaban J connectivity index is 1.92. The van der Waals surface area contributed by atoms with Gasteiger partial charge in [0.05, 0.1) is 20.3 Å². The molecule has 6 nitrogen and oxygen atoms in total. The maximum atomic E-state index is 13.4. The maximum absolute atomic E-state index is 13.4. The summed E-state index contributed by atoms with van der Waals surface area (Å²) in [5.74, 6) is 1.15. The molecule has 154 valence electrons. The van der Waals surface area contributed by atoms with Crippen molar-refractivity contribution in [2.24, 2.45) is 0 Å². The number of rotatable bonds is 6. The first-order valence-electron chi connectivity index (χ1n) is 9.35. The summed E-state index contributed by atoms with van der Waals surface area (Å²) in [7, 11) is 4.88. The molecule has 0 aliphatic carbocycles. The van der Waals surface area contributed by atoms with Gasteiger partial charge in [0.25, 0.3) is 5.91 Å². The van der Waals surface area contributed by atoms with Gasteiger partial charge in [0, 0.05) is 29.4 Å². The summed E-state index contributed by atoms with van der Waals surface area (Å²) in [4.78, 5) is 28.7. The summed E-state index contributed by atoms with van der Waals surface area (Å²) in [6.07, 6.45) is 1.95. The van der Waals surface area contributed by atoms with Crippen molar-refractivity contribution in [3.05, 3.63) is 53.1 Å². The number of hydrogen-bond acceptors (Lipinski definition) is 4. The van der Waals surface area contributed by atoms with Gasteiger partial charge in [-0.25, -0.2) is 0 Å². The quantitative estimate of drug-likeness (QED) is 0.666. The summed E-state index contributed by atoms with van der Waals surface area (Å²) in [6, 6.07) is 12.3. The molecule has 3 rings (SSSR count).